The summed E-state index contributed by atoms with van der Waals surface area (Å²) in [6.07, 6.45) is 0.622. The Hall–Kier alpha value is -0.900. The molecule has 102 valence electrons. The van der Waals surface area contributed by atoms with E-state index in [2.05, 4.69) is 43.4 Å². The van der Waals surface area contributed by atoms with Crippen LogP contribution in [-0.2, 0) is 11.2 Å². The molecular formula is C15H25NO2. The average molecular weight is 251 g/mol. The normalized spacial score (nSPS) is 14.4. The largest absolute Gasteiger partial charge is 0.389 e. The van der Waals surface area contributed by atoms with Crippen LogP contribution in [0.4, 0.5) is 0 Å². The standard InChI is InChI=1S/C15H25NO2/c1-4-13-6-8-14(9-7-13)12(3)16-10-15(17)11-18-5-2/h6-9,12,15-17H,4-5,10-11H2,1-3H3. The Balaban J connectivity index is 2.37. The lowest BCUT2D eigenvalue weighted by Crippen LogP contribution is -2.32. The third-order valence-corrected chi connectivity index (χ3v) is 3.06. The first kappa shape index (κ1) is 15.2. The third kappa shape index (κ3) is 5.17. The zero-order valence-electron chi connectivity index (χ0n) is 11.6. The van der Waals surface area contributed by atoms with Crippen molar-refractivity contribution in [3.05, 3.63) is 35.4 Å². The van der Waals surface area contributed by atoms with Gasteiger partial charge in [-0.15, -0.1) is 0 Å². The molecule has 2 unspecified atom stereocenters. The van der Waals surface area contributed by atoms with E-state index in [4.69, 9.17) is 4.74 Å². The molecule has 0 bridgehead atoms. The van der Waals surface area contributed by atoms with Gasteiger partial charge < -0.3 is 15.2 Å². The van der Waals surface area contributed by atoms with Gasteiger partial charge in [0.15, 0.2) is 0 Å². The first-order valence-electron chi connectivity index (χ1n) is 6.75. The van der Waals surface area contributed by atoms with Gasteiger partial charge >= 0.3 is 0 Å². The van der Waals surface area contributed by atoms with E-state index in [1.54, 1.807) is 0 Å². The van der Waals surface area contributed by atoms with Crippen molar-refractivity contribution in [2.24, 2.45) is 0 Å². The predicted octanol–water partition coefficient (Wildman–Crippen LogP) is 2.30. The molecule has 0 aliphatic heterocycles. The Labute approximate surface area is 110 Å². The van der Waals surface area contributed by atoms with Gasteiger partial charge in [-0.05, 0) is 31.4 Å². The molecule has 1 aromatic rings. The Morgan fingerprint density at radius 3 is 2.44 bits per heavy atom. The highest BCUT2D eigenvalue weighted by molar-refractivity contribution is 5.24. The fourth-order valence-corrected chi connectivity index (χ4v) is 1.79. The van der Waals surface area contributed by atoms with Crippen molar-refractivity contribution in [2.75, 3.05) is 19.8 Å². The van der Waals surface area contributed by atoms with Crippen LogP contribution >= 0.6 is 0 Å². The molecular weight excluding hydrogens is 226 g/mol. The van der Waals surface area contributed by atoms with Gasteiger partial charge in [0.05, 0.1) is 12.7 Å². The molecule has 0 amide bonds. The second-order valence-electron chi connectivity index (χ2n) is 4.54. The van der Waals surface area contributed by atoms with Gasteiger partial charge in [0.1, 0.15) is 0 Å². The van der Waals surface area contributed by atoms with Crippen molar-refractivity contribution >= 4 is 0 Å². The molecule has 0 saturated heterocycles. The molecule has 0 aromatic heterocycles. The smallest absolute Gasteiger partial charge is 0.0897 e. The molecule has 0 fully saturated rings. The zero-order chi connectivity index (χ0) is 13.4. The van der Waals surface area contributed by atoms with Crippen molar-refractivity contribution < 1.29 is 9.84 Å². The van der Waals surface area contributed by atoms with E-state index in [1.807, 2.05) is 6.92 Å². The Bertz CT molecular complexity index is 324. The lowest BCUT2D eigenvalue weighted by molar-refractivity contribution is 0.0416. The number of ether oxygens (including phenoxy) is 1. The molecule has 2 N–H and O–H groups in total. The van der Waals surface area contributed by atoms with Gasteiger partial charge in [-0.3, -0.25) is 0 Å². The summed E-state index contributed by atoms with van der Waals surface area (Å²) < 4.78 is 5.17. The lowest BCUT2D eigenvalue weighted by Gasteiger charge is -2.17. The summed E-state index contributed by atoms with van der Waals surface area (Å²) in [7, 11) is 0. The molecule has 3 nitrogen and oxygen atoms in total. The highest BCUT2D eigenvalue weighted by Crippen LogP contribution is 2.13. The van der Waals surface area contributed by atoms with Crippen molar-refractivity contribution in [1.29, 1.82) is 0 Å². The summed E-state index contributed by atoms with van der Waals surface area (Å²) in [6.45, 7) is 7.78. The number of nitrogens with one attached hydrogen (secondary N) is 1. The minimum Gasteiger partial charge on any atom is -0.389 e. The Kier molecular flexibility index (Phi) is 6.94. The third-order valence-electron chi connectivity index (χ3n) is 3.06. The molecule has 0 spiro atoms. The summed E-state index contributed by atoms with van der Waals surface area (Å²) >= 11 is 0. The van der Waals surface area contributed by atoms with Gasteiger partial charge in [0, 0.05) is 19.2 Å². The molecule has 0 radical (unpaired) electrons. The van der Waals surface area contributed by atoms with E-state index < -0.39 is 6.10 Å². The summed E-state index contributed by atoms with van der Waals surface area (Å²) in [6, 6.07) is 8.85. The first-order valence-corrected chi connectivity index (χ1v) is 6.75. The highest BCUT2D eigenvalue weighted by Gasteiger charge is 2.08. The van der Waals surface area contributed by atoms with Crippen molar-refractivity contribution in [3.8, 4) is 0 Å². The van der Waals surface area contributed by atoms with Crippen LogP contribution in [0.2, 0.25) is 0 Å². The van der Waals surface area contributed by atoms with E-state index in [9.17, 15) is 5.11 Å². The molecule has 18 heavy (non-hydrogen) atoms. The van der Waals surface area contributed by atoms with E-state index in [1.165, 1.54) is 11.1 Å². The number of benzene rings is 1. The van der Waals surface area contributed by atoms with E-state index in [-0.39, 0.29) is 6.04 Å². The lowest BCUT2D eigenvalue weighted by atomic mass is 10.0. The van der Waals surface area contributed by atoms with Crippen molar-refractivity contribution in [1.82, 2.24) is 5.32 Å². The highest BCUT2D eigenvalue weighted by atomic mass is 16.5. The van der Waals surface area contributed by atoms with Gasteiger partial charge in [-0.25, -0.2) is 0 Å². The maximum absolute atomic E-state index is 9.67. The minimum absolute atomic E-state index is 0.243. The number of aryl methyl sites for hydroxylation is 1. The molecule has 3 heteroatoms. The number of rotatable bonds is 8. The molecule has 0 heterocycles. The number of aliphatic hydroxyl groups excluding tert-OH is 1. The number of hydrogen-bond acceptors (Lipinski definition) is 3. The van der Waals surface area contributed by atoms with Crippen LogP contribution in [0.5, 0.6) is 0 Å². The second-order valence-corrected chi connectivity index (χ2v) is 4.54. The van der Waals surface area contributed by atoms with E-state index >= 15 is 0 Å². The number of hydrogen-bond donors (Lipinski definition) is 2. The Morgan fingerprint density at radius 1 is 1.22 bits per heavy atom. The summed E-state index contributed by atoms with van der Waals surface area (Å²) in [5, 5.41) is 13.0. The molecule has 2 atom stereocenters. The average Bonchev–Trinajstić information content (AvgIpc) is 2.42. The van der Waals surface area contributed by atoms with Gasteiger partial charge in [-0.2, -0.15) is 0 Å². The quantitative estimate of drug-likeness (QED) is 0.745. The summed E-state index contributed by atoms with van der Waals surface area (Å²) in [4.78, 5) is 0. The van der Waals surface area contributed by atoms with Gasteiger partial charge in [0.25, 0.3) is 0 Å². The summed E-state index contributed by atoms with van der Waals surface area (Å²) in [5.74, 6) is 0. The van der Waals surface area contributed by atoms with Crippen LogP contribution in [0, 0.1) is 0 Å². The molecule has 1 rings (SSSR count). The van der Waals surface area contributed by atoms with E-state index in [0.717, 1.165) is 6.42 Å². The molecule has 0 saturated carbocycles. The Morgan fingerprint density at radius 2 is 1.89 bits per heavy atom. The summed E-state index contributed by atoms with van der Waals surface area (Å²) in [5.41, 5.74) is 2.60. The van der Waals surface area contributed by atoms with Crippen LogP contribution in [0.25, 0.3) is 0 Å². The maximum atomic E-state index is 9.67. The second kappa shape index (κ2) is 8.25. The van der Waals surface area contributed by atoms with Crippen molar-refractivity contribution in [2.45, 2.75) is 39.3 Å². The fraction of sp³-hybridized carbons (Fsp3) is 0.600. The fourth-order valence-electron chi connectivity index (χ4n) is 1.79. The van der Waals surface area contributed by atoms with Gasteiger partial charge in [0.2, 0.25) is 0 Å². The van der Waals surface area contributed by atoms with Crippen LogP contribution in [0.3, 0.4) is 0 Å². The topological polar surface area (TPSA) is 41.5 Å². The minimum atomic E-state index is -0.442. The monoisotopic (exact) mass is 251 g/mol. The van der Waals surface area contributed by atoms with Crippen LogP contribution < -0.4 is 5.32 Å². The molecule has 1 aromatic carbocycles. The zero-order valence-corrected chi connectivity index (χ0v) is 11.6. The maximum Gasteiger partial charge on any atom is 0.0897 e. The van der Waals surface area contributed by atoms with Crippen molar-refractivity contribution in [3.63, 3.8) is 0 Å². The molecule has 0 aliphatic rings. The van der Waals surface area contributed by atoms with Gasteiger partial charge in [-0.1, -0.05) is 31.2 Å². The van der Waals surface area contributed by atoms with Crippen LogP contribution in [0.1, 0.15) is 37.9 Å². The first-order chi connectivity index (χ1) is 8.67. The van der Waals surface area contributed by atoms with E-state index in [0.29, 0.717) is 19.8 Å². The predicted molar refractivity (Wildman–Crippen MR) is 74.7 cm³/mol. The van der Waals surface area contributed by atoms with Crippen LogP contribution in [-0.4, -0.2) is 31.0 Å². The number of aliphatic hydroxyl groups is 1. The SMILES string of the molecule is CCOCC(O)CNC(C)c1ccc(CC)cc1. The molecule has 0 aliphatic carbocycles. The van der Waals surface area contributed by atoms with Crippen LogP contribution in [0.15, 0.2) is 24.3 Å².